The Morgan fingerprint density at radius 3 is 2.85 bits per heavy atom. The summed E-state index contributed by atoms with van der Waals surface area (Å²) in [6.07, 6.45) is 0.854. The van der Waals surface area contributed by atoms with Crippen molar-refractivity contribution in [1.82, 2.24) is 15.6 Å². The minimum atomic E-state index is -0.141. The molecule has 0 aliphatic rings. The van der Waals surface area contributed by atoms with Crippen molar-refractivity contribution in [2.24, 2.45) is 0 Å². The van der Waals surface area contributed by atoms with Crippen molar-refractivity contribution in [3.8, 4) is 0 Å². The molecule has 0 saturated heterocycles. The average molecular weight is 309 g/mol. The molecule has 2 aromatic rings. The van der Waals surface area contributed by atoms with E-state index in [1.165, 1.54) is 10.4 Å². The molecule has 0 aliphatic heterocycles. The van der Waals surface area contributed by atoms with Gasteiger partial charge in [-0.1, -0.05) is 0 Å². The molecule has 0 saturated carbocycles. The highest BCUT2D eigenvalue weighted by atomic mass is 32.1. The smallest absolute Gasteiger partial charge is 0.315 e. The lowest BCUT2D eigenvalue weighted by Crippen LogP contribution is -2.41. The number of amides is 2. The molecule has 2 rings (SSSR count). The van der Waals surface area contributed by atoms with Gasteiger partial charge in [0.15, 0.2) is 0 Å². The van der Waals surface area contributed by atoms with Gasteiger partial charge in [-0.05, 0) is 49.6 Å². The summed E-state index contributed by atoms with van der Waals surface area (Å²) in [5.74, 6) is 0. The lowest BCUT2D eigenvalue weighted by Gasteiger charge is -2.13. The van der Waals surface area contributed by atoms with Crippen molar-refractivity contribution in [3.05, 3.63) is 38.0 Å². The van der Waals surface area contributed by atoms with Gasteiger partial charge < -0.3 is 10.6 Å². The van der Waals surface area contributed by atoms with Crippen LogP contribution >= 0.6 is 22.7 Å². The summed E-state index contributed by atoms with van der Waals surface area (Å²) in [4.78, 5) is 17.4. The van der Waals surface area contributed by atoms with E-state index >= 15 is 0 Å². The van der Waals surface area contributed by atoms with Crippen LogP contribution in [0.3, 0.4) is 0 Å². The maximum Gasteiger partial charge on any atom is 0.315 e. The Labute approximate surface area is 127 Å². The highest BCUT2D eigenvalue weighted by Gasteiger charge is 2.09. The van der Waals surface area contributed by atoms with Gasteiger partial charge in [0, 0.05) is 10.9 Å². The Morgan fingerprint density at radius 1 is 1.45 bits per heavy atom. The minimum absolute atomic E-state index is 0.115. The van der Waals surface area contributed by atoms with Crippen molar-refractivity contribution in [1.29, 1.82) is 0 Å². The Kier molecular flexibility index (Phi) is 5.14. The Morgan fingerprint density at radius 2 is 2.25 bits per heavy atom. The van der Waals surface area contributed by atoms with E-state index < -0.39 is 0 Å². The fourth-order valence-electron chi connectivity index (χ4n) is 1.86. The molecule has 0 aromatic carbocycles. The first-order valence-electron chi connectivity index (χ1n) is 6.53. The highest BCUT2D eigenvalue weighted by Crippen LogP contribution is 2.15. The van der Waals surface area contributed by atoms with Gasteiger partial charge in [0.1, 0.15) is 5.01 Å². The molecule has 2 aromatic heterocycles. The van der Waals surface area contributed by atoms with Gasteiger partial charge in [-0.3, -0.25) is 0 Å². The molecule has 0 aliphatic carbocycles. The van der Waals surface area contributed by atoms with Gasteiger partial charge in [0.05, 0.1) is 12.2 Å². The molecule has 2 heterocycles. The molecule has 0 bridgehead atoms. The van der Waals surface area contributed by atoms with Crippen LogP contribution in [0.1, 0.15) is 28.1 Å². The maximum absolute atomic E-state index is 11.8. The molecular weight excluding hydrogens is 290 g/mol. The summed E-state index contributed by atoms with van der Waals surface area (Å²) in [5, 5.41) is 10.9. The molecule has 2 N–H and O–H groups in total. The second kappa shape index (κ2) is 6.85. The molecule has 0 spiro atoms. The van der Waals surface area contributed by atoms with Crippen LogP contribution in [-0.2, 0) is 13.0 Å². The number of nitrogens with zero attached hydrogens (tertiary/aromatic N) is 1. The summed E-state index contributed by atoms with van der Waals surface area (Å²) >= 11 is 3.30. The fourth-order valence-corrected chi connectivity index (χ4v) is 3.41. The molecule has 0 radical (unpaired) electrons. The number of aromatic nitrogens is 1. The zero-order valence-corrected chi connectivity index (χ0v) is 13.5. The van der Waals surface area contributed by atoms with E-state index in [2.05, 4.69) is 32.4 Å². The van der Waals surface area contributed by atoms with E-state index in [-0.39, 0.29) is 12.1 Å². The standard InChI is InChI=1S/C14H19N3OS2/c1-9(6-12-4-5-19-8-12)16-14(18)15-7-13-17-10(2)11(3)20-13/h4-5,8-9H,6-7H2,1-3H3,(H2,15,16,18)/t9-/m1/s1. The van der Waals surface area contributed by atoms with Crippen LogP contribution in [0.25, 0.3) is 0 Å². The molecule has 6 heteroatoms. The van der Waals surface area contributed by atoms with E-state index in [1.54, 1.807) is 22.7 Å². The zero-order valence-electron chi connectivity index (χ0n) is 11.9. The molecule has 4 nitrogen and oxygen atoms in total. The fraction of sp³-hybridized carbons (Fsp3) is 0.429. The number of nitrogens with one attached hydrogen (secondary N) is 2. The SMILES string of the molecule is Cc1nc(CNC(=O)N[C@H](C)Cc2ccsc2)sc1C. The van der Waals surface area contributed by atoms with Gasteiger partial charge in [-0.25, -0.2) is 9.78 Å². The number of rotatable bonds is 5. The third-order valence-electron chi connectivity index (χ3n) is 2.97. The third-order valence-corrected chi connectivity index (χ3v) is 4.78. The van der Waals surface area contributed by atoms with Crippen molar-refractivity contribution in [3.63, 3.8) is 0 Å². The quantitative estimate of drug-likeness (QED) is 0.891. The summed E-state index contributed by atoms with van der Waals surface area (Å²) < 4.78 is 0. The van der Waals surface area contributed by atoms with E-state index in [4.69, 9.17) is 0 Å². The van der Waals surface area contributed by atoms with Crippen molar-refractivity contribution < 1.29 is 4.79 Å². The number of urea groups is 1. The second-order valence-corrected chi connectivity index (χ2v) is 6.88. The van der Waals surface area contributed by atoms with Gasteiger partial charge in [-0.2, -0.15) is 11.3 Å². The summed E-state index contributed by atoms with van der Waals surface area (Å²) in [6.45, 7) is 6.52. The number of carbonyl (C=O) groups is 1. The van der Waals surface area contributed by atoms with Crippen LogP contribution in [0.5, 0.6) is 0 Å². The Hall–Kier alpha value is -1.40. The Bertz CT molecular complexity index is 543. The number of hydrogen-bond acceptors (Lipinski definition) is 4. The summed E-state index contributed by atoms with van der Waals surface area (Å²) in [7, 11) is 0. The molecular formula is C14H19N3OS2. The summed E-state index contributed by atoms with van der Waals surface area (Å²) in [5.41, 5.74) is 2.30. The van der Waals surface area contributed by atoms with E-state index in [1.807, 2.05) is 20.8 Å². The number of carbonyl (C=O) groups excluding carboxylic acids is 1. The zero-order chi connectivity index (χ0) is 14.5. The average Bonchev–Trinajstić information content (AvgIpc) is 2.98. The van der Waals surface area contributed by atoms with Crippen LogP contribution in [0, 0.1) is 13.8 Å². The van der Waals surface area contributed by atoms with E-state index in [9.17, 15) is 4.79 Å². The van der Waals surface area contributed by atoms with Gasteiger partial charge in [0.2, 0.25) is 0 Å². The number of thiophene rings is 1. The normalized spacial score (nSPS) is 12.2. The molecule has 20 heavy (non-hydrogen) atoms. The molecule has 1 atom stereocenters. The van der Waals surface area contributed by atoms with Gasteiger partial charge >= 0.3 is 6.03 Å². The third kappa shape index (κ3) is 4.31. The van der Waals surface area contributed by atoms with Gasteiger partial charge in [0.25, 0.3) is 0 Å². The van der Waals surface area contributed by atoms with Crippen LogP contribution < -0.4 is 10.6 Å². The minimum Gasteiger partial charge on any atom is -0.335 e. The lowest BCUT2D eigenvalue weighted by molar-refractivity contribution is 0.237. The first-order chi connectivity index (χ1) is 9.54. The van der Waals surface area contributed by atoms with Crippen molar-refractivity contribution in [2.75, 3.05) is 0 Å². The van der Waals surface area contributed by atoms with Crippen LogP contribution in [-0.4, -0.2) is 17.1 Å². The molecule has 2 amide bonds. The molecule has 0 unspecified atom stereocenters. The van der Waals surface area contributed by atoms with Crippen molar-refractivity contribution in [2.45, 2.75) is 39.8 Å². The van der Waals surface area contributed by atoms with Crippen LogP contribution in [0.2, 0.25) is 0 Å². The predicted molar refractivity (Wildman–Crippen MR) is 84.4 cm³/mol. The maximum atomic E-state index is 11.8. The number of hydrogen-bond donors (Lipinski definition) is 2. The highest BCUT2D eigenvalue weighted by molar-refractivity contribution is 7.11. The van der Waals surface area contributed by atoms with Gasteiger partial charge in [-0.15, -0.1) is 11.3 Å². The Balaban J connectivity index is 1.74. The molecule has 0 fully saturated rings. The van der Waals surface area contributed by atoms with E-state index in [0.717, 1.165) is 17.1 Å². The number of aryl methyl sites for hydroxylation is 2. The van der Waals surface area contributed by atoms with Crippen molar-refractivity contribution >= 4 is 28.7 Å². The molecule has 108 valence electrons. The topological polar surface area (TPSA) is 54.0 Å². The first-order valence-corrected chi connectivity index (χ1v) is 8.29. The van der Waals surface area contributed by atoms with Crippen LogP contribution in [0.15, 0.2) is 16.8 Å². The second-order valence-electron chi connectivity index (χ2n) is 4.81. The van der Waals surface area contributed by atoms with Crippen LogP contribution in [0.4, 0.5) is 4.79 Å². The first kappa shape index (κ1) is 15.0. The largest absolute Gasteiger partial charge is 0.335 e. The monoisotopic (exact) mass is 309 g/mol. The van der Waals surface area contributed by atoms with E-state index in [0.29, 0.717) is 6.54 Å². The lowest BCUT2D eigenvalue weighted by atomic mass is 10.1. The number of thiazole rings is 1. The summed E-state index contributed by atoms with van der Waals surface area (Å²) in [6, 6.07) is 2.06. The predicted octanol–water partition coefficient (Wildman–Crippen LogP) is 3.25.